The molecule has 0 radical (unpaired) electrons. The van der Waals surface area contributed by atoms with Crippen molar-refractivity contribution >= 4 is 33.2 Å². The van der Waals surface area contributed by atoms with Crippen molar-refractivity contribution < 1.29 is 14.1 Å². The number of carbonyl (C=O) groups is 1. The minimum atomic E-state index is -0.719. The van der Waals surface area contributed by atoms with E-state index in [1.165, 1.54) is 0 Å². The van der Waals surface area contributed by atoms with E-state index in [4.69, 9.17) is 0 Å². The molecule has 0 heterocycles. The summed E-state index contributed by atoms with van der Waals surface area (Å²) in [5.41, 5.74) is -0.334. The summed E-state index contributed by atoms with van der Waals surface area (Å²) in [6, 6.07) is 1.34. The largest absolute Gasteiger partial charge is 0.368 e. The van der Waals surface area contributed by atoms with Gasteiger partial charge in [-0.1, -0.05) is 13.8 Å². The number of nitro groups is 1. The first-order valence-electron chi connectivity index (χ1n) is 6.40. The van der Waals surface area contributed by atoms with Crippen molar-refractivity contribution in [2.24, 2.45) is 5.92 Å². The van der Waals surface area contributed by atoms with Crippen LogP contribution < -0.4 is 10.6 Å². The maximum atomic E-state index is 13.5. The topological polar surface area (TPSA) is 84.3 Å². The quantitative estimate of drug-likeness (QED) is 0.602. The fourth-order valence-corrected chi connectivity index (χ4v) is 1.89. The maximum absolute atomic E-state index is 13.5. The number of anilines is 1. The van der Waals surface area contributed by atoms with Crippen molar-refractivity contribution in [3.63, 3.8) is 0 Å². The second-order valence-electron chi connectivity index (χ2n) is 5.05. The molecule has 1 aromatic rings. The number of halogens is 2. The van der Waals surface area contributed by atoms with Gasteiger partial charge in [0, 0.05) is 18.7 Å². The zero-order valence-corrected chi connectivity index (χ0v) is 13.5. The number of benzene rings is 1. The molecule has 0 aliphatic heterocycles. The third-order valence-corrected chi connectivity index (χ3v) is 3.29. The highest BCUT2D eigenvalue weighted by Crippen LogP contribution is 2.30. The van der Waals surface area contributed by atoms with Crippen LogP contribution in [0.2, 0.25) is 0 Å². The van der Waals surface area contributed by atoms with Crippen molar-refractivity contribution in [3.8, 4) is 0 Å². The lowest BCUT2D eigenvalue weighted by Gasteiger charge is -2.16. The van der Waals surface area contributed by atoms with Gasteiger partial charge in [0.05, 0.1) is 9.40 Å². The molecule has 6 nitrogen and oxygen atoms in total. The molecular weight excluding hydrogens is 345 g/mol. The van der Waals surface area contributed by atoms with Gasteiger partial charge in [0.25, 0.3) is 5.69 Å². The molecule has 116 valence electrons. The highest BCUT2D eigenvalue weighted by Gasteiger charge is 2.21. The number of nitrogens with zero attached hydrogens (tertiary/aromatic N) is 1. The normalized spacial score (nSPS) is 12.1. The van der Waals surface area contributed by atoms with E-state index < -0.39 is 16.8 Å². The second-order valence-corrected chi connectivity index (χ2v) is 5.90. The van der Waals surface area contributed by atoms with Gasteiger partial charge in [-0.2, -0.15) is 0 Å². The van der Waals surface area contributed by atoms with Crippen LogP contribution in [-0.2, 0) is 4.79 Å². The standard InChI is InChI=1S/C13H17BrFN3O3/c1-7(2)6-16-13(19)8(3)17-11-5-10(15)9(14)4-12(11)18(20)21/h4-5,7-8,17H,6H2,1-3H3,(H,16,19). The molecule has 8 heteroatoms. The van der Waals surface area contributed by atoms with Crippen molar-refractivity contribution in [2.75, 3.05) is 11.9 Å². The summed E-state index contributed by atoms with van der Waals surface area (Å²) in [7, 11) is 0. The Morgan fingerprint density at radius 1 is 1.43 bits per heavy atom. The minimum Gasteiger partial charge on any atom is -0.368 e. The highest BCUT2D eigenvalue weighted by molar-refractivity contribution is 9.10. The van der Waals surface area contributed by atoms with Crippen LogP contribution in [0, 0.1) is 21.8 Å². The van der Waals surface area contributed by atoms with E-state index in [9.17, 15) is 19.3 Å². The molecule has 0 saturated heterocycles. The van der Waals surface area contributed by atoms with Gasteiger partial charge in [0.1, 0.15) is 17.5 Å². The second kappa shape index (κ2) is 7.35. The Labute approximate surface area is 130 Å². The molecule has 1 amide bonds. The molecule has 1 unspecified atom stereocenters. The first-order chi connectivity index (χ1) is 9.72. The SMILES string of the molecule is CC(C)CNC(=O)C(C)Nc1cc(F)c(Br)cc1[N+](=O)[O-]. The average Bonchev–Trinajstić information content (AvgIpc) is 2.39. The van der Waals surface area contributed by atoms with Crippen LogP contribution in [0.4, 0.5) is 15.8 Å². The van der Waals surface area contributed by atoms with Gasteiger partial charge in [-0.3, -0.25) is 14.9 Å². The molecule has 0 aromatic heterocycles. The molecule has 0 aliphatic carbocycles. The predicted octanol–water partition coefficient (Wildman–Crippen LogP) is 3.07. The minimum absolute atomic E-state index is 0.00309. The lowest BCUT2D eigenvalue weighted by Crippen LogP contribution is -2.39. The summed E-state index contributed by atoms with van der Waals surface area (Å²) in [5, 5.41) is 16.3. The van der Waals surface area contributed by atoms with Crippen molar-refractivity contribution in [1.29, 1.82) is 0 Å². The van der Waals surface area contributed by atoms with Crippen LogP contribution in [0.1, 0.15) is 20.8 Å². The van der Waals surface area contributed by atoms with Gasteiger partial charge in [-0.25, -0.2) is 4.39 Å². The van der Waals surface area contributed by atoms with Crippen molar-refractivity contribution in [2.45, 2.75) is 26.8 Å². The molecule has 2 N–H and O–H groups in total. The summed E-state index contributed by atoms with van der Waals surface area (Å²) >= 11 is 2.90. The lowest BCUT2D eigenvalue weighted by atomic mass is 10.2. The van der Waals surface area contributed by atoms with Gasteiger partial charge in [0.2, 0.25) is 5.91 Å². The Morgan fingerprint density at radius 2 is 2.05 bits per heavy atom. The molecule has 1 rings (SSSR count). The van der Waals surface area contributed by atoms with E-state index in [2.05, 4.69) is 26.6 Å². The van der Waals surface area contributed by atoms with Gasteiger partial charge < -0.3 is 10.6 Å². The molecule has 0 bridgehead atoms. The Bertz CT molecular complexity index is 552. The zero-order valence-electron chi connectivity index (χ0n) is 11.9. The number of nitro benzene ring substituents is 1. The van der Waals surface area contributed by atoms with Crippen LogP contribution in [0.3, 0.4) is 0 Å². The van der Waals surface area contributed by atoms with Gasteiger partial charge in [-0.15, -0.1) is 0 Å². The fraction of sp³-hybridized carbons (Fsp3) is 0.462. The Morgan fingerprint density at radius 3 is 2.57 bits per heavy atom. The van der Waals surface area contributed by atoms with E-state index in [0.717, 1.165) is 12.1 Å². The molecule has 0 spiro atoms. The first-order valence-corrected chi connectivity index (χ1v) is 7.19. The Hall–Kier alpha value is -1.70. The molecule has 0 fully saturated rings. The summed E-state index contributed by atoms with van der Waals surface area (Å²) in [5.74, 6) is -0.653. The molecule has 1 atom stereocenters. The number of hydrogen-bond donors (Lipinski definition) is 2. The van der Waals surface area contributed by atoms with Crippen LogP contribution in [0.25, 0.3) is 0 Å². The third kappa shape index (κ3) is 4.96. The van der Waals surface area contributed by atoms with Crippen LogP contribution in [-0.4, -0.2) is 23.4 Å². The molecule has 0 saturated carbocycles. The van der Waals surface area contributed by atoms with E-state index in [1.54, 1.807) is 6.92 Å². The predicted molar refractivity (Wildman–Crippen MR) is 81.7 cm³/mol. The lowest BCUT2D eigenvalue weighted by molar-refractivity contribution is -0.384. The van der Waals surface area contributed by atoms with Gasteiger partial charge in [0.15, 0.2) is 0 Å². The molecule has 21 heavy (non-hydrogen) atoms. The van der Waals surface area contributed by atoms with Crippen molar-refractivity contribution in [3.05, 3.63) is 32.5 Å². The van der Waals surface area contributed by atoms with E-state index in [-0.39, 0.29) is 21.8 Å². The smallest absolute Gasteiger partial charge is 0.293 e. The van der Waals surface area contributed by atoms with Crippen LogP contribution >= 0.6 is 15.9 Å². The number of amides is 1. The fourth-order valence-electron chi connectivity index (χ4n) is 1.56. The summed E-state index contributed by atoms with van der Waals surface area (Å²) in [6.45, 7) is 5.96. The van der Waals surface area contributed by atoms with E-state index in [1.807, 2.05) is 13.8 Å². The third-order valence-electron chi connectivity index (χ3n) is 2.69. The zero-order chi connectivity index (χ0) is 16.2. The molecular formula is C13H17BrFN3O3. The number of nitrogens with one attached hydrogen (secondary N) is 2. The first kappa shape index (κ1) is 17.4. The molecule has 1 aromatic carbocycles. The van der Waals surface area contributed by atoms with Crippen LogP contribution in [0.5, 0.6) is 0 Å². The number of hydrogen-bond acceptors (Lipinski definition) is 4. The van der Waals surface area contributed by atoms with Crippen molar-refractivity contribution in [1.82, 2.24) is 5.32 Å². The van der Waals surface area contributed by atoms with Gasteiger partial charge >= 0.3 is 0 Å². The maximum Gasteiger partial charge on any atom is 0.293 e. The average molecular weight is 362 g/mol. The highest BCUT2D eigenvalue weighted by atomic mass is 79.9. The Balaban J connectivity index is 2.89. The summed E-state index contributed by atoms with van der Waals surface area (Å²) in [6.07, 6.45) is 0. The Kier molecular flexibility index (Phi) is 6.07. The summed E-state index contributed by atoms with van der Waals surface area (Å²) < 4.78 is 13.5. The van der Waals surface area contributed by atoms with E-state index in [0.29, 0.717) is 12.5 Å². The number of rotatable bonds is 6. The molecule has 0 aliphatic rings. The summed E-state index contributed by atoms with van der Waals surface area (Å²) in [4.78, 5) is 22.2. The number of carbonyl (C=O) groups excluding carboxylic acids is 1. The van der Waals surface area contributed by atoms with Gasteiger partial charge in [-0.05, 0) is 28.8 Å². The monoisotopic (exact) mass is 361 g/mol. The van der Waals surface area contributed by atoms with Crippen LogP contribution in [0.15, 0.2) is 16.6 Å². The van der Waals surface area contributed by atoms with E-state index >= 15 is 0 Å².